The molecule has 0 radical (unpaired) electrons. The number of halogens is 3. The molecule has 0 amide bonds. The Morgan fingerprint density at radius 2 is 1.58 bits per heavy atom. The van der Waals surface area contributed by atoms with Gasteiger partial charge in [0.05, 0.1) is 34.7 Å². The lowest BCUT2D eigenvalue weighted by Crippen LogP contribution is -2.36. The average molecular weight is 454 g/mol. The Morgan fingerprint density at radius 3 is 2.21 bits per heavy atom. The maximum Gasteiger partial charge on any atom is 0.435 e. The van der Waals surface area contributed by atoms with Crippen LogP contribution in [0.25, 0.3) is 38.7 Å². The van der Waals surface area contributed by atoms with Crippen molar-refractivity contribution in [2.24, 2.45) is 14.1 Å². The molecule has 7 nitrogen and oxygen atoms in total. The minimum atomic E-state index is -4.83. The largest absolute Gasteiger partial charge is 0.497 e. The van der Waals surface area contributed by atoms with Crippen LogP contribution in [-0.2, 0) is 20.3 Å². The summed E-state index contributed by atoms with van der Waals surface area (Å²) in [4.78, 5) is 29.9. The van der Waals surface area contributed by atoms with Crippen LogP contribution < -0.4 is 16.0 Å². The first-order valence-corrected chi connectivity index (χ1v) is 9.89. The molecule has 0 spiro atoms. The lowest BCUT2D eigenvalue weighted by Gasteiger charge is -2.13. The Balaban J connectivity index is 2.19. The summed E-state index contributed by atoms with van der Waals surface area (Å²) in [6.45, 7) is 0. The number of alkyl halides is 3. The molecule has 168 valence electrons. The number of fused-ring (bicyclic) bond motifs is 5. The topological polar surface area (TPSA) is 70.5 Å². The molecule has 33 heavy (non-hydrogen) atoms. The van der Waals surface area contributed by atoms with Gasteiger partial charge in [-0.3, -0.25) is 13.9 Å². The molecule has 0 fully saturated rings. The smallest absolute Gasteiger partial charge is 0.435 e. The number of aromatic nitrogens is 4. The van der Waals surface area contributed by atoms with E-state index < -0.39 is 23.1 Å². The maximum absolute atomic E-state index is 14.2. The molecular formula is C23H17F3N4O3. The van der Waals surface area contributed by atoms with Crippen LogP contribution >= 0.6 is 0 Å². The number of aryl methyl sites for hydroxylation is 1. The van der Waals surface area contributed by atoms with E-state index in [-0.39, 0.29) is 27.6 Å². The molecule has 0 aliphatic heterocycles. The molecule has 0 aliphatic carbocycles. The van der Waals surface area contributed by atoms with Crippen molar-refractivity contribution in [3.63, 3.8) is 0 Å². The normalized spacial score (nSPS) is 12.2. The molecule has 0 N–H and O–H groups in total. The quantitative estimate of drug-likeness (QED) is 0.408. The number of hydrogen-bond acceptors (Lipinski definition) is 4. The molecule has 0 atom stereocenters. The van der Waals surface area contributed by atoms with Crippen molar-refractivity contribution in [2.45, 2.75) is 6.18 Å². The van der Waals surface area contributed by atoms with Gasteiger partial charge in [0.1, 0.15) is 11.3 Å². The third kappa shape index (κ3) is 2.86. The van der Waals surface area contributed by atoms with Crippen LogP contribution in [0.5, 0.6) is 5.75 Å². The molecule has 5 rings (SSSR count). The van der Waals surface area contributed by atoms with Crippen LogP contribution in [0, 0.1) is 0 Å². The number of nitrogens with zero attached hydrogens (tertiary/aromatic N) is 4. The summed E-state index contributed by atoms with van der Waals surface area (Å²) in [5.41, 5.74) is -1.87. The third-order valence-corrected chi connectivity index (χ3v) is 5.78. The first-order chi connectivity index (χ1) is 15.6. The maximum atomic E-state index is 14.2. The minimum absolute atomic E-state index is 0.00609. The van der Waals surface area contributed by atoms with Crippen molar-refractivity contribution in [2.75, 3.05) is 7.11 Å². The second kappa shape index (κ2) is 6.96. The fourth-order valence-corrected chi connectivity index (χ4v) is 4.26. The molecule has 0 aliphatic rings. The highest BCUT2D eigenvalue weighted by Crippen LogP contribution is 2.40. The second-order valence-corrected chi connectivity index (χ2v) is 7.64. The molecule has 10 heteroatoms. The van der Waals surface area contributed by atoms with E-state index in [2.05, 4.69) is 4.98 Å². The fourth-order valence-electron chi connectivity index (χ4n) is 4.26. The number of ether oxygens (including phenoxy) is 1. The zero-order valence-electron chi connectivity index (χ0n) is 17.8. The van der Waals surface area contributed by atoms with Gasteiger partial charge in [-0.2, -0.15) is 13.2 Å². The molecular weight excluding hydrogens is 437 g/mol. The monoisotopic (exact) mass is 454 g/mol. The highest BCUT2D eigenvalue weighted by Gasteiger charge is 2.38. The predicted molar refractivity (Wildman–Crippen MR) is 118 cm³/mol. The summed E-state index contributed by atoms with van der Waals surface area (Å²) in [6.07, 6.45) is -4.83. The SMILES string of the molecule is COc1ccc(-c2c3c(=O)n(C)c(=O)n(C)c3c3c(C(F)(F)F)nc4ccccc4n23)cc1. The second-order valence-electron chi connectivity index (χ2n) is 7.64. The van der Waals surface area contributed by atoms with Gasteiger partial charge in [0.25, 0.3) is 5.56 Å². The Bertz CT molecular complexity index is 1690. The average Bonchev–Trinajstić information content (AvgIpc) is 3.16. The van der Waals surface area contributed by atoms with E-state index in [1.165, 1.54) is 31.7 Å². The molecule has 0 saturated heterocycles. The number of methoxy groups -OCH3 is 1. The molecule has 3 heterocycles. The van der Waals surface area contributed by atoms with Crippen molar-refractivity contribution in [3.05, 3.63) is 75.1 Å². The number of hydrogen-bond donors (Lipinski definition) is 0. The fraction of sp³-hybridized carbons (Fsp3) is 0.174. The standard InChI is InChI=1S/C23H17F3N4O3/c1-28-18-16(21(31)29(2)22(28)32)17(12-8-10-13(33-3)11-9-12)30-15-7-5-4-6-14(15)27-20(19(18)30)23(24,25)26/h4-11H,1-3H3. The molecule has 0 saturated carbocycles. The Morgan fingerprint density at radius 1 is 0.909 bits per heavy atom. The summed E-state index contributed by atoms with van der Waals surface area (Å²) in [5, 5.41) is -0.00609. The van der Waals surface area contributed by atoms with Gasteiger partial charge in [0.15, 0.2) is 5.69 Å². The Hall–Kier alpha value is -4.08. The number of rotatable bonds is 2. The number of para-hydroxylation sites is 2. The molecule has 3 aromatic heterocycles. The molecule has 2 aromatic carbocycles. The van der Waals surface area contributed by atoms with Gasteiger partial charge in [-0.05, 0) is 42.0 Å². The van der Waals surface area contributed by atoms with Crippen LogP contribution in [0.1, 0.15) is 5.69 Å². The first-order valence-electron chi connectivity index (χ1n) is 9.89. The van der Waals surface area contributed by atoms with Gasteiger partial charge in [-0.1, -0.05) is 12.1 Å². The van der Waals surface area contributed by atoms with Crippen LogP contribution in [0.2, 0.25) is 0 Å². The van der Waals surface area contributed by atoms with Gasteiger partial charge in [0, 0.05) is 14.1 Å². The van der Waals surface area contributed by atoms with Crippen LogP contribution in [0.3, 0.4) is 0 Å². The van der Waals surface area contributed by atoms with Gasteiger partial charge in [0.2, 0.25) is 0 Å². The summed E-state index contributed by atoms with van der Waals surface area (Å²) in [5.74, 6) is 0.548. The zero-order chi connectivity index (χ0) is 23.7. The Kier molecular flexibility index (Phi) is 4.39. The van der Waals surface area contributed by atoms with E-state index in [1.807, 2.05) is 0 Å². The van der Waals surface area contributed by atoms with Gasteiger partial charge in [-0.15, -0.1) is 0 Å². The predicted octanol–water partition coefficient (Wildman–Crippen LogP) is 3.73. The van der Waals surface area contributed by atoms with Crippen LogP contribution in [0.4, 0.5) is 13.2 Å². The minimum Gasteiger partial charge on any atom is -0.497 e. The Labute approximate surface area is 183 Å². The summed E-state index contributed by atoms with van der Waals surface area (Å²) < 4.78 is 51.2. The molecule has 0 unspecified atom stereocenters. The summed E-state index contributed by atoms with van der Waals surface area (Å²) in [6, 6.07) is 13.0. The number of benzene rings is 2. The van der Waals surface area contributed by atoms with Crippen molar-refractivity contribution >= 4 is 27.5 Å². The van der Waals surface area contributed by atoms with Crippen molar-refractivity contribution < 1.29 is 17.9 Å². The van der Waals surface area contributed by atoms with E-state index in [0.717, 1.165) is 9.13 Å². The van der Waals surface area contributed by atoms with Gasteiger partial charge < -0.3 is 9.14 Å². The summed E-state index contributed by atoms with van der Waals surface area (Å²) in [7, 11) is 4.14. The van der Waals surface area contributed by atoms with Crippen LogP contribution in [0.15, 0.2) is 58.1 Å². The highest BCUT2D eigenvalue weighted by atomic mass is 19.4. The molecule has 5 aromatic rings. The summed E-state index contributed by atoms with van der Waals surface area (Å²) >= 11 is 0. The zero-order valence-corrected chi connectivity index (χ0v) is 17.8. The van der Waals surface area contributed by atoms with E-state index in [0.29, 0.717) is 16.8 Å². The molecule has 0 bridgehead atoms. The van der Waals surface area contributed by atoms with Gasteiger partial charge >= 0.3 is 11.9 Å². The lowest BCUT2D eigenvalue weighted by atomic mass is 10.1. The lowest BCUT2D eigenvalue weighted by molar-refractivity contribution is -0.139. The third-order valence-electron chi connectivity index (χ3n) is 5.78. The van der Waals surface area contributed by atoms with Crippen molar-refractivity contribution in [1.29, 1.82) is 0 Å². The van der Waals surface area contributed by atoms with Gasteiger partial charge in [-0.25, -0.2) is 9.78 Å². The van der Waals surface area contributed by atoms with E-state index in [1.54, 1.807) is 42.5 Å². The van der Waals surface area contributed by atoms with Crippen molar-refractivity contribution in [1.82, 2.24) is 18.5 Å². The van der Waals surface area contributed by atoms with E-state index in [9.17, 15) is 22.8 Å². The van der Waals surface area contributed by atoms with Crippen molar-refractivity contribution in [3.8, 4) is 17.0 Å². The van der Waals surface area contributed by atoms with Crippen LogP contribution in [-0.4, -0.2) is 25.6 Å². The van der Waals surface area contributed by atoms with E-state index >= 15 is 0 Å². The highest BCUT2D eigenvalue weighted by molar-refractivity contribution is 6.07. The van der Waals surface area contributed by atoms with E-state index in [4.69, 9.17) is 4.74 Å². The first kappa shape index (κ1) is 20.8.